The van der Waals surface area contributed by atoms with Crippen LogP contribution in [0.15, 0.2) is 24.5 Å². The maximum Gasteiger partial charge on any atom is 0.0322 e. The van der Waals surface area contributed by atoms with Gasteiger partial charge < -0.3 is 10.2 Å². The average Bonchev–Trinajstić information content (AvgIpc) is 2.53. The van der Waals surface area contributed by atoms with E-state index in [0.717, 1.165) is 26.2 Å². The van der Waals surface area contributed by atoms with Gasteiger partial charge in [-0.3, -0.25) is 9.88 Å². The van der Waals surface area contributed by atoms with Gasteiger partial charge in [-0.1, -0.05) is 6.07 Å². The molecule has 1 aromatic heterocycles. The zero-order valence-electron chi connectivity index (χ0n) is 12.3. The van der Waals surface area contributed by atoms with Gasteiger partial charge in [-0.2, -0.15) is 0 Å². The molecule has 4 nitrogen and oxygen atoms in total. The summed E-state index contributed by atoms with van der Waals surface area (Å²) in [7, 11) is 4.28. The van der Waals surface area contributed by atoms with Gasteiger partial charge in [-0.05, 0) is 45.6 Å². The molecule has 2 rings (SSSR count). The number of nitrogens with one attached hydrogen (secondary N) is 1. The topological polar surface area (TPSA) is 31.4 Å². The minimum Gasteiger partial charge on any atom is -0.311 e. The molecule has 1 aromatic rings. The van der Waals surface area contributed by atoms with Crippen molar-refractivity contribution in [2.75, 3.05) is 33.7 Å². The summed E-state index contributed by atoms with van der Waals surface area (Å²) in [6.45, 7) is 6.64. The van der Waals surface area contributed by atoms with Crippen LogP contribution in [0.4, 0.5) is 0 Å². The van der Waals surface area contributed by atoms with E-state index in [1.54, 1.807) is 0 Å². The summed E-state index contributed by atoms with van der Waals surface area (Å²) in [4.78, 5) is 9.05. The monoisotopic (exact) mass is 262 g/mol. The molecule has 0 saturated carbocycles. The highest BCUT2D eigenvalue weighted by Gasteiger charge is 2.23. The number of hydrogen-bond donors (Lipinski definition) is 1. The molecule has 0 spiro atoms. The van der Waals surface area contributed by atoms with Gasteiger partial charge in [0.25, 0.3) is 0 Å². The third-order valence-corrected chi connectivity index (χ3v) is 3.77. The smallest absolute Gasteiger partial charge is 0.0322 e. The van der Waals surface area contributed by atoms with Gasteiger partial charge in [-0.25, -0.2) is 0 Å². The van der Waals surface area contributed by atoms with Crippen molar-refractivity contribution >= 4 is 0 Å². The fourth-order valence-electron chi connectivity index (χ4n) is 2.72. The van der Waals surface area contributed by atoms with Crippen LogP contribution in [-0.2, 0) is 6.54 Å². The molecule has 0 radical (unpaired) electrons. The Balaban J connectivity index is 1.99. The summed E-state index contributed by atoms with van der Waals surface area (Å²) in [5.74, 6) is 0. The first-order valence-electron chi connectivity index (χ1n) is 7.16. The Morgan fingerprint density at radius 1 is 1.47 bits per heavy atom. The van der Waals surface area contributed by atoms with E-state index in [1.165, 1.54) is 12.0 Å². The van der Waals surface area contributed by atoms with Crippen molar-refractivity contribution in [2.45, 2.75) is 32.0 Å². The van der Waals surface area contributed by atoms with Crippen molar-refractivity contribution in [2.24, 2.45) is 0 Å². The molecule has 1 N–H and O–H groups in total. The van der Waals surface area contributed by atoms with Gasteiger partial charge in [0.05, 0.1) is 0 Å². The molecule has 0 aromatic carbocycles. The normalized spacial score (nSPS) is 25.5. The molecule has 1 aliphatic heterocycles. The van der Waals surface area contributed by atoms with Gasteiger partial charge in [0.1, 0.15) is 0 Å². The van der Waals surface area contributed by atoms with Crippen molar-refractivity contribution in [3.63, 3.8) is 0 Å². The van der Waals surface area contributed by atoms with Crippen LogP contribution in [0.1, 0.15) is 18.9 Å². The lowest BCUT2D eigenvalue weighted by molar-refractivity contribution is 0.185. The highest BCUT2D eigenvalue weighted by Crippen LogP contribution is 2.13. The molecule has 4 heteroatoms. The molecule has 2 heterocycles. The SMILES string of the molecule is CC1CCNC(CN(C)C)CN1Cc1cccnc1. The van der Waals surface area contributed by atoms with E-state index < -0.39 is 0 Å². The number of hydrogen-bond acceptors (Lipinski definition) is 4. The van der Waals surface area contributed by atoms with Crippen molar-refractivity contribution in [3.8, 4) is 0 Å². The largest absolute Gasteiger partial charge is 0.311 e. The quantitative estimate of drug-likeness (QED) is 0.883. The van der Waals surface area contributed by atoms with Gasteiger partial charge >= 0.3 is 0 Å². The minimum atomic E-state index is 0.552. The summed E-state index contributed by atoms with van der Waals surface area (Å²) >= 11 is 0. The van der Waals surface area contributed by atoms with Crippen LogP contribution in [0.3, 0.4) is 0 Å². The minimum absolute atomic E-state index is 0.552. The van der Waals surface area contributed by atoms with E-state index in [-0.39, 0.29) is 0 Å². The number of nitrogens with zero attached hydrogens (tertiary/aromatic N) is 3. The molecule has 106 valence electrons. The molecule has 2 unspecified atom stereocenters. The second kappa shape index (κ2) is 6.98. The summed E-state index contributed by atoms with van der Waals surface area (Å²) in [6, 6.07) is 5.36. The lowest BCUT2D eigenvalue weighted by Gasteiger charge is -2.30. The van der Waals surface area contributed by atoms with Crippen molar-refractivity contribution < 1.29 is 0 Å². The molecule has 1 aliphatic rings. The van der Waals surface area contributed by atoms with E-state index in [9.17, 15) is 0 Å². The third-order valence-electron chi connectivity index (χ3n) is 3.77. The predicted octanol–water partition coefficient (Wildman–Crippen LogP) is 1.20. The predicted molar refractivity (Wildman–Crippen MR) is 79.1 cm³/mol. The van der Waals surface area contributed by atoms with Crippen LogP contribution in [0.2, 0.25) is 0 Å². The maximum atomic E-state index is 4.22. The molecular formula is C15H26N4. The van der Waals surface area contributed by atoms with E-state index in [4.69, 9.17) is 0 Å². The highest BCUT2D eigenvalue weighted by atomic mass is 15.2. The summed E-state index contributed by atoms with van der Waals surface area (Å²) in [5, 5.41) is 3.66. The van der Waals surface area contributed by atoms with Crippen LogP contribution in [0, 0.1) is 0 Å². The van der Waals surface area contributed by atoms with E-state index in [0.29, 0.717) is 12.1 Å². The second-order valence-corrected chi connectivity index (χ2v) is 5.84. The van der Waals surface area contributed by atoms with E-state index >= 15 is 0 Å². The molecular weight excluding hydrogens is 236 g/mol. The van der Waals surface area contributed by atoms with Crippen LogP contribution < -0.4 is 5.32 Å². The Morgan fingerprint density at radius 3 is 3.00 bits per heavy atom. The first-order valence-corrected chi connectivity index (χ1v) is 7.16. The van der Waals surface area contributed by atoms with Crippen molar-refractivity contribution in [1.29, 1.82) is 0 Å². The molecule has 0 aliphatic carbocycles. The lowest BCUT2D eigenvalue weighted by Crippen LogP contribution is -2.45. The Hall–Kier alpha value is -0.970. The summed E-state index contributed by atoms with van der Waals surface area (Å²) in [5.41, 5.74) is 1.31. The summed E-state index contributed by atoms with van der Waals surface area (Å²) < 4.78 is 0. The van der Waals surface area contributed by atoms with Crippen LogP contribution in [0.5, 0.6) is 0 Å². The fourth-order valence-corrected chi connectivity index (χ4v) is 2.72. The first kappa shape index (κ1) is 14.4. The first-order chi connectivity index (χ1) is 9.15. The average molecular weight is 262 g/mol. The fraction of sp³-hybridized carbons (Fsp3) is 0.667. The zero-order chi connectivity index (χ0) is 13.7. The van der Waals surface area contributed by atoms with Crippen LogP contribution in [-0.4, -0.2) is 60.6 Å². The maximum absolute atomic E-state index is 4.22. The van der Waals surface area contributed by atoms with Crippen molar-refractivity contribution in [3.05, 3.63) is 30.1 Å². The van der Waals surface area contributed by atoms with E-state index in [1.807, 2.05) is 18.5 Å². The Kier molecular flexibility index (Phi) is 5.31. The van der Waals surface area contributed by atoms with Gasteiger partial charge in [0, 0.05) is 44.1 Å². The number of likely N-dealkylation sites (N-methyl/N-ethyl adjacent to an activating group) is 1. The molecule has 19 heavy (non-hydrogen) atoms. The summed E-state index contributed by atoms with van der Waals surface area (Å²) in [6.07, 6.45) is 5.03. The zero-order valence-corrected chi connectivity index (χ0v) is 12.3. The van der Waals surface area contributed by atoms with Gasteiger partial charge in [0.2, 0.25) is 0 Å². The molecule has 0 bridgehead atoms. The Morgan fingerprint density at radius 2 is 2.32 bits per heavy atom. The number of aromatic nitrogens is 1. The van der Waals surface area contributed by atoms with Gasteiger partial charge in [-0.15, -0.1) is 0 Å². The van der Waals surface area contributed by atoms with Crippen LogP contribution in [0.25, 0.3) is 0 Å². The third kappa shape index (κ3) is 4.56. The molecule has 1 saturated heterocycles. The number of pyridine rings is 1. The van der Waals surface area contributed by atoms with Gasteiger partial charge in [0.15, 0.2) is 0 Å². The molecule has 1 fully saturated rings. The van der Waals surface area contributed by atoms with E-state index in [2.05, 4.69) is 47.2 Å². The molecule has 0 amide bonds. The van der Waals surface area contributed by atoms with Crippen LogP contribution >= 0.6 is 0 Å². The lowest BCUT2D eigenvalue weighted by atomic mass is 10.1. The Bertz CT molecular complexity index is 366. The highest BCUT2D eigenvalue weighted by molar-refractivity contribution is 5.08. The standard InChI is InChI=1S/C15H26N4/c1-13-6-8-17-15(11-18(2)3)12-19(13)10-14-5-4-7-16-9-14/h4-5,7,9,13,15,17H,6,8,10-12H2,1-3H3. The Labute approximate surface area is 116 Å². The second-order valence-electron chi connectivity index (χ2n) is 5.84. The number of rotatable bonds is 4. The molecule has 2 atom stereocenters. The van der Waals surface area contributed by atoms with Crippen molar-refractivity contribution in [1.82, 2.24) is 20.1 Å².